The number of halogens is 5. The van der Waals surface area contributed by atoms with E-state index in [0.29, 0.717) is 11.1 Å². The SMILES string of the molecule is C=C(/C=C1/CCCCN1)/C(=C/C(=C)C(F)(F)F)C(C)C.CC.Nc1ccc(Cl)cc1.[I][Pb]. The van der Waals surface area contributed by atoms with Crippen molar-refractivity contribution < 1.29 is 13.2 Å². The first kappa shape index (κ1) is 33.7. The molecule has 1 aromatic rings. The first-order valence-corrected chi connectivity index (χ1v) is 21.6. The van der Waals surface area contributed by atoms with E-state index in [1.165, 1.54) is 21.5 Å². The summed E-state index contributed by atoms with van der Waals surface area (Å²) >= 11 is 9.12. The fraction of sp³-hybridized carbons (Fsp3) is 0.417. The van der Waals surface area contributed by atoms with Gasteiger partial charge in [0.15, 0.2) is 0 Å². The molecule has 0 amide bonds. The Morgan fingerprint density at radius 2 is 1.69 bits per heavy atom. The average molecular weight is 777 g/mol. The summed E-state index contributed by atoms with van der Waals surface area (Å²) in [6.45, 7) is 15.6. The van der Waals surface area contributed by atoms with Crippen molar-refractivity contribution in [2.75, 3.05) is 12.3 Å². The fourth-order valence-electron chi connectivity index (χ4n) is 2.56. The molecule has 0 aromatic heterocycles. The second-order valence-electron chi connectivity index (χ2n) is 6.91. The third-order valence-corrected chi connectivity index (χ3v) is 4.38. The Morgan fingerprint density at radius 1 is 1.16 bits per heavy atom. The van der Waals surface area contributed by atoms with Gasteiger partial charge < -0.3 is 11.1 Å². The summed E-state index contributed by atoms with van der Waals surface area (Å²) in [4.78, 5) is 0. The van der Waals surface area contributed by atoms with Gasteiger partial charge in [-0.05, 0) is 72.7 Å². The number of nitrogens with one attached hydrogen (secondary N) is 1. The molecule has 179 valence electrons. The van der Waals surface area contributed by atoms with Crippen LogP contribution in [0.1, 0.15) is 47.0 Å². The molecule has 1 aliphatic heterocycles. The van der Waals surface area contributed by atoms with Gasteiger partial charge >= 0.3 is 45.4 Å². The minimum absolute atomic E-state index is 0.0398. The standard InChI is InChI=1S/C16H22F3N.C6H6ClN.C2H6.HI.Pb/c1-11(2)15(10-13(4)16(17,18)19)12(3)9-14-7-5-6-8-20-14;7-5-1-3-6(8)4-2-5;1-2;;/h9-11,20H,3-8H2,1-2H3;1-4H,8H2;1-2H3;1H;/q;;;;+1/p-1/b14-9-,15-10+;;;;. The Hall–Kier alpha value is -0.488. The third kappa shape index (κ3) is 15.4. The predicted octanol–water partition coefficient (Wildman–Crippen LogP) is 8.35. The van der Waals surface area contributed by atoms with E-state index in [1.807, 2.05) is 33.8 Å². The molecule has 2 nitrogen and oxygen atoms in total. The van der Waals surface area contributed by atoms with E-state index < -0.39 is 11.7 Å². The Kier molecular flexibility index (Phi) is 19.9. The monoisotopic (exact) mass is 777 g/mol. The van der Waals surface area contributed by atoms with Crippen molar-refractivity contribution in [3.05, 3.63) is 77.0 Å². The van der Waals surface area contributed by atoms with Gasteiger partial charge in [-0.2, -0.15) is 13.2 Å². The molecule has 0 saturated carbocycles. The Bertz CT molecular complexity index is 714. The molecule has 1 aliphatic rings. The van der Waals surface area contributed by atoms with Gasteiger partial charge in [0, 0.05) is 28.5 Å². The zero-order valence-electron chi connectivity index (χ0n) is 19.3. The topological polar surface area (TPSA) is 38.0 Å². The molecule has 1 heterocycles. The zero-order valence-corrected chi connectivity index (χ0v) is 26.1. The molecule has 3 N–H and O–H groups in total. The predicted molar refractivity (Wildman–Crippen MR) is 144 cm³/mol. The number of piperidine rings is 1. The molecule has 0 atom stereocenters. The second-order valence-corrected chi connectivity index (χ2v) is 7.34. The van der Waals surface area contributed by atoms with Gasteiger partial charge in [0.25, 0.3) is 0 Å². The number of rotatable bonds is 4. The summed E-state index contributed by atoms with van der Waals surface area (Å²) in [7, 11) is 0. The number of alkyl halides is 3. The van der Waals surface area contributed by atoms with Crippen molar-refractivity contribution in [3.8, 4) is 0 Å². The van der Waals surface area contributed by atoms with E-state index in [4.69, 9.17) is 17.3 Å². The summed E-state index contributed by atoms with van der Waals surface area (Å²) in [5, 5.41) is 3.98. The summed E-state index contributed by atoms with van der Waals surface area (Å²) in [5.74, 6) is -0.0398. The second kappa shape index (κ2) is 18.9. The Labute approximate surface area is 221 Å². The number of benzene rings is 1. The Balaban J connectivity index is 0. The number of hydrogen-bond acceptors (Lipinski definition) is 2. The number of hydrogen-bond donors (Lipinski definition) is 2. The van der Waals surface area contributed by atoms with E-state index in [1.54, 1.807) is 24.3 Å². The van der Waals surface area contributed by atoms with Crippen LogP contribution in [0.15, 0.2) is 72.0 Å². The van der Waals surface area contributed by atoms with Gasteiger partial charge in [-0.1, -0.05) is 52.5 Å². The third-order valence-electron chi connectivity index (χ3n) is 4.13. The van der Waals surface area contributed by atoms with Crippen LogP contribution in [0.5, 0.6) is 0 Å². The van der Waals surface area contributed by atoms with Crippen molar-refractivity contribution in [1.29, 1.82) is 0 Å². The number of anilines is 1. The van der Waals surface area contributed by atoms with Crippen molar-refractivity contribution in [2.24, 2.45) is 5.92 Å². The normalized spacial score (nSPS) is 14.6. The molecular formula is C24H34ClF3IN2Pb. The Morgan fingerprint density at radius 3 is 2.06 bits per heavy atom. The van der Waals surface area contributed by atoms with Crippen molar-refractivity contribution in [2.45, 2.75) is 53.1 Å². The van der Waals surface area contributed by atoms with Gasteiger partial charge in [-0.25, -0.2) is 0 Å². The van der Waals surface area contributed by atoms with Gasteiger partial charge in [0.05, 0.1) is 0 Å². The summed E-state index contributed by atoms with van der Waals surface area (Å²) in [6.07, 6.45) is 1.71. The van der Waals surface area contributed by atoms with Crippen LogP contribution in [0.25, 0.3) is 0 Å². The van der Waals surface area contributed by atoms with Gasteiger partial charge in [0.1, 0.15) is 0 Å². The molecule has 0 aliphatic carbocycles. The molecular weight excluding hydrogens is 743 g/mol. The zero-order chi connectivity index (χ0) is 25.3. The van der Waals surface area contributed by atoms with Gasteiger partial charge in [0.2, 0.25) is 0 Å². The van der Waals surface area contributed by atoms with Crippen molar-refractivity contribution in [1.82, 2.24) is 5.32 Å². The molecule has 1 aromatic carbocycles. The van der Waals surface area contributed by atoms with Crippen molar-refractivity contribution in [3.63, 3.8) is 0 Å². The molecule has 2 rings (SSSR count). The van der Waals surface area contributed by atoms with Gasteiger partial charge in [-0.15, -0.1) is 0 Å². The quantitative estimate of drug-likeness (QED) is 0.140. The molecule has 1 fully saturated rings. The molecule has 32 heavy (non-hydrogen) atoms. The number of nitrogen functional groups attached to an aromatic ring is 1. The van der Waals surface area contributed by atoms with Crippen LogP contribution < -0.4 is 11.1 Å². The van der Waals surface area contributed by atoms with Crippen molar-refractivity contribution >= 4 is 56.5 Å². The van der Waals surface area contributed by atoms with Crippen LogP contribution in [-0.2, 0) is 0 Å². The molecule has 0 unspecified atom stereocenters. The van der Waals surface area contributed by atoms with Crippen LogP contribution in [0, 0.1) is 5.92 Å². The summed E-state index contributed by atoms with van der Waals surface area (Å²) < 4.78 is 37.8. The average Bonchev–Trinajstić information content (AvgIpc) is 2.77. The maximum absolute atomic E-state index is 12.6. The molecule has 1 saturated heterocycles. The van der Waals surface area contributed by atoms with Crippen LogP contribution in [0.3, 0.4) is 0 Å². The fourth-order valence-corrected chi connectivity index (χ4v) is 2.68. The molecule has 3 radical (unpaired) electrons. The molecule has 0 bridgehead atoms. The van der Waals surface area contributed by atoms with E-state index in [9.17, 15) is 13.2 Å². The first-order chi connectivity index (χ1) is 15.0. The maximum atomic E-state index is 12.6. The molecule has 0 spiro atoms. The molecule has 8 heteroatoms. The summed E-state index contributed by atoms with van der Waals surface area (Å²) in [5.41, 5.74) is 7.52. The minimum atomic E-state index is -4.39. The number of allylic oxidation sites excluding steroid dienone is 6. The van der Waals surface area contributed by atoms with Crippen LogP contribution in [0.4, 0.5) is 18.9 Å². The van der Waals surface area contributed by atoms with E-state index in [2.05, 4.69) is 36.2 Å². The van der Waals surface area contributed by atoms with Crippen LogP contribution in [0.2, 0.25) is 5.02 Å². The van der Waals surface area contributed by atoms with E-state index in [0.717, 1.165) is 48.3 Å². The summed E-state index contributed by atoms with van der Waals surface area (Å²) in [6, 6.07) is 7.05. The van der Waals surface area contributed by atoms with Gasteiger partial charge in [-0.3, -0.25) is 0 Å². The van der Waals surface area contributed by atoms with E-state index >= 15 is 0 Å². The first-order valence-electron chi connectivity index (χ1n) is 10.3. The van der Waals surface area contributed by atoms with E-state index in [-0.39, 0.29) is 5.92 Å². The number of nitrogens with two attached hydrogens (primary N) is 1. The van der Waals surface area contributed by atoms with Crippen LogP contribution in [-0.4, -0.2) is 34.2 Å². The van der Waals surface area contributed by atoms with Crippen LogP contribution >= 0.6 is 29.4 Å².